The van der Waals surface area contributed by atoms with Crippen molar-refractivity contribution in [3.8, 4) is 6.07 Å². The molecule has 0 heterocycles. The van der Waals surface area contributed by atoms with Crippen molar-refractivity contribution in [3.63, 3.8) is 0 Å². The van der Waals surface area contributed by atoms with E-state index in [0.29, 0.717) is 31.5 Å². The molecule has 90 valence electrons. The number of nitrogens with zero attached hydrogens (tertiary/aromatic N) is 2. The summed E-state index contributed by atoms with van der Waals surface area (Å²) in [5, 5.41) is 11.8. The molecule has 0 aromatic rings. The third kappa shape index (κ3) is 4.63. The molecule has 1 saturated carbocycles. The van der Waals surface area contributed by atoms with Crippen LogP contribution in [0.15, 0.2) is 0 Å². The zero-order chi connectivity index (χ0) is 12.0. The normalized spacial score (nSPS) is 14.9. The number of nitriles is 1. The van der Waals surface area contributed by atoms with E-state index in [9.17, 15) is 4.79 Å². The van der Waals surface area contributed by atoms with Gasteiger partial charge in [0, 0.05) is 31.6 Å². The quantitative estimate of drug-likeness (QED) is 0.707. The van der Waals surface area contributed by atoms with Gasteiger partial charge >= 0.3 is 0 Å². The Morgan fingerprint density at radius 2 is 2.25 bits per heavy atom. The summed E-state index contributed by atoms with van der Waals surface area (Å²) in [6, 6.07) is 2.93. The predicted molar refractivity (Wildman–Crippen MR) is 62.7 cm³/mol. The molecule has 4 nitrogen and oxygen atoms in total. The van der Waals surface area contributed by atoms with E-state index in [0.717, 1.165) is 19.4 Å². The third-order valence-electron chi connectivity index (χ3n) is 2.66. The second-order valence-electron chi connectivity index (χ2n) is 4.59. The smallest absolute Gasteiger partial charge is 0.224 e. The molecular weight excluding hydrogens is 202 g/mol. The van der Waals surface area contributed by atoms with Crippen molar-refractivity contribution >= 4 is 5.91 Å². The Morgan fingerprint density at radius 1 is 1.56 bits per heavy atom. The number of amides is 1. The molecule has 1 fully saturated rings. The zero-order valence-electron chi connectivity index (χ0n) is 10.2. The summed E-state index contributed by atoms with van der Waals surface area (Å²) in [4.78, 5) is 13.8. The fraction of sp³-hybridized carbons (Fsp3) is 0.833. The van der Waals surface area contributed by atoms with Crippen LogP contribution >= 0.6 is 0 Å². The predicted octanol–water partition coefficient (Wildman–Crippen LogP) is 1.28. The van der Waals surface area contributed by atoms with Gasteiger partial charge in [0.1, 0.15) is 0 Å². The first-order chi connectivity index (χ1) is 7.65. The summed E-state index contributed by atoms with van der Waals surface area (Å²) < 4.78 is 0. The van der Waals surface area contributed by atoms with Gasteiger partial charge in [0.25, 0.3) is 0 Å². The van der Waals surface area contributed by atoms with Gasteiger partial charge in [-0.2, -0.15) is 5.26 Å². The molecule has 0 saturated heterocycles. The van der Waals surface area contributed by atoms with E-state index in [4.69, 9.17) is 5.26 Å². The summed E-state index contributed by atoms with van der Waals surface area (Å²) in [6.45, 7) is 5.46. The van der Waals surface area contributed by atoms with E-state index >= 15 is 0 Å². The van der Waals surface area contributed by atoms with Crippen LogP contribution in [0.3, 0.4) is 0 Å². The number of hydrogen-bond acceptors (Lipinski definition) is 3. The number of rotatable bonds is 7. The molecule has 0 unspecified atom stereocenters. The largest absolute Gasteiger partial charge is 0.339 e. The van der Waals surface area contributed by atoms with Crippen molar-refractivity contribution in [1.29, 1.82) is 5.26 Å². The zero-order valence-corrected chi connectivity index (χ0v) is 10.2. The summed E-state index contributed by atoms with van der Waals surface area (Å²) in [5.74, 6) is 0.186. The molecule has 0 bridgehead atoms. The minimum Gasteiger partial charge on any atom is -0.339 e. The molecule has 4 heteroatoms. The summed E-state index contributed by atoms with van der Waals surface area (Å²) in [7, 11) is 0. The van der Waals surface area contributed by atoms with E-state index in [1.54, 1.807) is 0 Å². The van der Waals surface area contributed by atoms with Gasteiger partial charge in [0.05, 0.1) is 12.5 Å². The lowest BCUT2D eigenvalue weighted by Crippen LogP contribution is -2.36. The van der Waals surface area contributed by atoms with Gasteiger partial charge in [-0.1, -0.05) is 13.8 Å². The molecule has 1 aliphatic carbocycles. The van der Waals surface area contributed by atoms with Crippen LogP contribution in [-0.2, 0) is 4.79 Å². The van der Waals surface area contributed by atoms with Crippen molar-refractivity contribution in [3.05, 3.63) is 0 Å². The summed E-state index contributed by atoms with van der Waals surface area (Å²) in [6.07, 6.45) is 3.20. The van der Waals surface area contributed by atoms with Gasteiger partial charge in [-0.3, -0.25) is 4.79 Å². The van der Waals surface area contributed by atoms with Crippen LogP contribution in [-0.4, -0.2) is 36.0 Å². The molecule has 16 heavy (non-hydrogen) atoms. The Balaban J connectivity index is 2.27. The van der Waals surface area contributed by atoms with Crippen LogP contribution in [0.1, 0.15) is 39.5 Å². The van der Waals surface area contributed by atoms with Gasteiger partial charge in [-0.15, -0.1) is 0 Å². The molecule has 0 radical (unpaired) electrons. The first-order valence-corrected chi connectivity index (χ1v) is 6.05. The van der Waals surface area contributed by atoms with E-state index in [1.165, 1.54) is 0 Å². The first-order valence-electron chi connectivity index (χ1n) is 6.05. The maximum Gasteiger partial charge on any atom is 0.224 e. The fourth-order valence-electron chi connectivity index (χ4n) is 1.68. The summed E-state index contributed by atoms with van der Waals surface area (Å²) >= 11 is 0. The molecule has 1 aliphatic rings. The van der Waals surface area contributed by atoms with Gasteiger partial charge in [0.2, 0.25) is 5.91 Å². The van der Waals surface area contributed by atoms with Crippen molar-refractivity contribution in [2.75, 3.05) is 13.1 Å². The number of carbonyl (C=O) groups excluding carboxylic acids is 1. The van der Waals surface area contributed by atoms with E-state index in [1.807, 2.05) is 4.90 Å². The molecule has 1 amide bonds. The van der Waals surface area contributed by atoms with Crippen LogP contribution in [0, 0.1) is 11.3 Å². The molecule has 0 aromatic carbocycles. The minimum atomic E-state index is 0.186. The van der Waals surface area contributed by atoms with Crippen LogP contribution in [0.4, 0.5) is 0 Å². The SMILES string of the molecule is CC(C)NCCC(=O)N(CCC#N)C1CC1. The van der Waals surface area contributed by atoms with Crippen molar-refractivity contribution in [1.82, 2.24) is 10.2 Å². The number of carbonyl (C=O) groups is 1. The highest BCUT2D eigenvalue weighted by atomic mass is 16.2. The van der Waals surface area contributed by atoms with Crippen LogP contribution in [0.25, 0.3) is 0 Å². The Labute approximate surface area is 97.6 Å². The maximum atomic E-state index is 11.9. The monoisotopic (exact) mass is 223 g/mol. The second kappa shape index (κ2) is 6.49. The van der Waals surface area contributed by atoms with E-state index in [2.05, 4.69) is 25.2 Å². The lowest BCUT2D eigenvalue weighted by atomic mass is 10.3. The molecule has 0 atom stereocenters. The Hall–Kier alpha value is -1.08. The molecule has 0 aromatic heterocycles. The standard InChI is InChI=1S/C12H21N3O/c1-10(2)14-8-6-12(16)15(9-3-7-13)11-4-5-11/h10-11,14H,3-6,8-9H2,1-2H3. The van der Waals surface area contributed by atoms with Crippen molar-refractivity contribution in [2.24, 2.45) is 0 Å². The molecule has 0 aliphatic heterocycles. The average molecular weight is 223 g/mol. The fourth-order valence-corrected chi connectivity index (χ4v) is 1.68. The lowest BCUT2D eigenvalue weighted by Gasteiger charge is -2.21. The molecular formula is C12H21N3O. The van der Waals surface area contributed by atoms with Gasteiger partial charge in [-0.05, 0) is 12.8 Å². The van der Waals surface area contributed by atoms with Crippen molar-refractivity contribution < 1.29 is 4.79 Å². The molecule has 1 N–H and O–H groups in total. The Bertz CT molecular complexity index is 266. The highest BCUT2D eigenvalue weighted by Gasteiger charge is 2.31. The number of nitrogens with one attached hydrogen (secondary N) is 1. The Kier molecular flexibility index (Phi) is 5.27. The summed E-state index contributed by atoms with van der Waals surface area (Å²) in [5.41, 5.74) is 0. The van der Waals surface area contributed by atoms with Gasteiger partial charge < -0.3 is 10.2 Å². The highest BCUT2D eigenvalue weighted by Crippen LogP contribution is 2.27. The Morgan fingerprint density at radius 3 is 2.75 bits per heavy atom. The maximum absolute atomic E-state index is 11.9. The lowest BCUT2D eigenvalue weighted by molar-refractivity contribution is -0.131. The highest BCUT2D eigenvalue weighted by molar-refractivity contribution is 5.77. The van der Waals surface area contributed by atoms with Crippen LogP contribution in [0.5, 0.6) is 0 Å². The second-order valence-corrected chi connectivity index (χ2v) is 4.59. The van der Waals surface area contributed by atoms with E-state index in [-0.39, 0.29) is 5.91 Å². The van der Waals surface area contributed by atoms with Crippen LogP contribution < -0.4 is 5.32 Å². The van der Waals surface area contributed by atoms with E-state index < -0.39 is 0 Å². The topological polar surface area (TPSA) is 56.1 Å². The molecule has 0 spiro atoms. The number of hydrogen-bond donors (Lipinski definition) is 1. The average Bonchev–Trinajstić information content (AvgIpc) is 3.02. The van der Waals surface area contributed by atoms with Gasteiger partial charge in [0.15, 0.2) is 0 Å². The molecule has 1 rings (SSSR count). The van der Waals surface area contributed by atoms with Gasteiger partial charge in [-0.25, -0.2) is 0 Å². The first kappa shape index (κ1) is 13.0. The van der Waals surface area contributed by atoms with Crippen molar-refractivity contribution in [2.45, 2.75) is 51.6 Å². The third-order valence-corrected chi connectivity index (χ3v) is 2.66. The minimum absolute atomic E-state index is 0.186. The van der Waals surface area contributed by atoms with Crippen LogP contribution in [0.2, 0.25) is 0 Å².